The minimum Gasteiger partial charge on any atom is -0.507 e. The zero-order valence-electron chi connectivity index (χ0n) is 16.6. The maximum atomic E-state index is 9.09. The monoisotopic (exact) mass is 500 g/mol. The molecule has 0 aliphatic heterocycles. The molecule has 2 N–H and O–H groups in total. The van der Waals surface area contributed by atoms with E-state index in [4.69, 9.17) is 10.2 Å². The number of rotatable bonds is 2. The van der Waals surface area contributed by atoms with Crippen LogP contribution in [-0.2, 0) is 26.2 Å². The van der Waals surface area contributed by atoms with Crippen LogP contribution in [0, 0.1) is 0 Å². The van der Waals surface area contributed by atoms with Gasteiger partial charge in [0.25, 0.3) is 0 Å². The van der Waals surface area contributed by atoms with Crippen LogP contribution in [0.5, 0.6) is 11.5 Å². The molecule has 4 aromatic rings. The van der Waals surface area contributed by atoms with Crippen LogP contribution >= 0.6 is 23.5 Å². The van der Waals surface area contributed by atoms with Gasteiger partial charge in [0.05, 0.1) is 0 Å². The van der Waals surface area contributed by atoms with E-state index in [0.29, 0.717) is 11.5 Å². The third-order valence-electron chi connectivity index (χ3n) is 3.28. The molecule has 150 valence electrons. The van der Waals surface area contributed by atoms with Gasteiger partial charge in [0.15, 0.2) is 0 Å². The molecule has 0 fully saturated rings. The topological polar surface area (TPSA) is 40.5 Å². The van der Waals surface area contributed by atoms with Gasteiger partial charge in [0.2, 0.25) is 0 Å². The summed E-state index contributed by atoms with van der Waals surface area (Å²) in [5.74, 6) is 0.731. The zero-order valence-corrected chi connectivity index (χ0v) is 20.7. The van der Waals surface area contributed by atoms with Gasteiger partial charge in [-0.25, -0.2) is 24.3 Å². The summed E-state index contributed by atoms with van der Waals surface area (Å²) < 4.78 is 0. The number of phenolic OH excluding ortho intramolecular Hbond substituents is 2. The van der Waals surface area contributed by atoms with Gasteiger partial charge in [-0.1, -0.05) is 24.3 Å². The number of hydrogen-bond acceptors (Lipinski definition) is 4. The first-order chi connectivity index (χ1) is 13.7. The number of phenols is 2. The maximum Gasteiger partial charge on any atom is 2.00 e. The van der Waals surface area contributed by atoms with Crippen molar-refractivity contribution in [2.24, 2.45) is 0 Å². The Morgan fingerprint density at radius 3 is 1.03 bits per heavy atom. The molecule has 0 saturated heterocycles. The van der Waals surface area contributed by atoms with E-state index in [-0.39, 0.29) is 26.2 Å². The van der Waals surface area contributed by atoms with Crippen LogP contribution in [-0.4, -0.2) is 22.7 Å². The average Bonchev–Trinajstić information content (AvgIpc) is 3.48. The summed E-state index contributed by atoms with van der Waals surface area (Å²) in [5.41, 5.74) is 0. The zero-order chi connectivity index (χ0) is 20.5. The Labute approximate surface area is 201 Å². The van der Waals surface area contributed by atoms with Gasteiger partial charge in [0, 0.05) is 9.79 Å². The molecule has 0 saturated carbocycles. The Balaban J connectivity index is 0.000000369. The Kier molecular flexibility index (Phi) is 17.3. The summed E-state index contributed by atoms with van der Waals surface area (Å²) in [6, 6.07) is 34.6. The number of para-hydroxylation sites is 2. The number of benzene rings is 2. The van der Waals surface area contributed by atoms with Crippen molar-refractivity contribution in [3.63, 3.8) is 0 Å². The van der Waals surface area contributed by atoms with Crippen molar-refractivity contribution in [3.05, 3.63) is 109 Å². The fourth-order valence-corrected chi connectivity index (χ4v) is 2.88. The number of aromatic hydroxyl groups is 2. The molecule has 29 heavy (non-hydrogen) atoms. The maximum absolute atomic E-state index is 9.09. The molecule has 4 rings (SSSR count). The van der Waals surface area contributed by atoms with Crippen molar-refractivity contribution < 1.29 is 36.4 Å². The summed E-state index contributed by atoms with van der Waals surface area (Å²) in [6.45, 7) is 0. The molecule has 0 spiro atoms. The minimum atomic E-state index is 0. The van der Waals surface area contributed by atoms with E-state index in [1.165, 1.54) is 0 Å². The predicted octanol–water partition coefficient (Wildman–Crippen LogP) is 7.04. The van der Waals surface area contributed by atoms with Crippen LogP contribution < -0.4 is 0 Å². The van der Waals surface area contributed by atoms with Crippen molar-refractivity contribution in [2.75, 3.05) is 12.5 Å². The van der Waals surface area contributed by atoms with Crippen LogP contribution in [0.4, 0.5) is 0 Å². The molecule has 0 bridgehead atoms. The molecule has 0 radical (unpaired) electrons. The van der Waals surface area contributed by atoms with Gasteiger partial charge in [0.1, 0.15) is 11.5 Å². The molecule has 0 aliphatic carbocycles. The van der Waals surface area contributed by atoms with Crippen LogP contribution in [0.25, 0.3) is 0 Å². The van der Waals surface area contributed by atoms with Crippen LogP contribution in [0.15, 0.2) is 119 Å². The fourth-order valence-electron chi connectivity index (χ4n) is 1.90. The molecule has 0 aliphatic rings. The Hall–Kier alpha value is -1.68. The molecule has 4 aromatic carbocycles. The Bertz CT molecular complexity index is 726. The third kappa shape index (κ3) is 13.2. The van der Waals surface area contributed by atoms with E-state index in [1.54, 1.807) is 35.7 Å². The van der Waals surface area contributed by atoms with E-state index in [2.05, 4.69) is 0 Å². The summed E-state index contributed by atoms with van der Waals surface area (Å²) in [4.78, 5) is 1.86. The van der Waals surface area contributed by atoms with E-state index >= 15 is 0 Å². The van der Waals surface area contributed by atoms with E-state index in [1.807, 2.05) is 110 Å². The van der Waals surface area contributed by atoms with Crippen molar-refractivity contribution >= 4 is 23.5 Å². The van der Waals surface area contributed by atoms with Gasteiger partial charge in [-0.2, -0.15) is 36.4 Å². The van der Waals surface area contributed by atoms with E-state index in [9.17, 15) is 0 Å². The predicted molar refractivity (Wildman–Crippen MR) is 124 cm³/mol. The van der Waals surface area contributed by atoms with E-state index < -0.39 is 0 Å². The summed E-state index contributed by atoms with van der Waals surface area (Å²) >= 11 is 3.09. The Morgan fingerprint density at radius 2 is 0.862 bits per heavy atom. The van der Waals surface area contributed by atoms with Crippen LogP contribution in [0.1, 0.15) is 0 Å². The van der Waals surface area contributed by atoms with Crippen molar-refractivity contribution in [3.8, 4) is 11.5 Å². The number of thioether (sulfide) groups is 2. The second-order valence-electron chi connectivity index (χ2n) is 5.27. The smallest absolute Gasteiger partial charge is 0.507 e. The molecular weight excluding hydrogens is 476 g/mol. The first kappa shape index (κ1) is 27.3. The third-order valence-corrected chi connectivity index (χ3v) is 4.85. The average molecular weight is 502 g/mol. The van der Waals surface area contributed by atoms with Crippen LogP contribution in [0.2, 0.25) is 0 Å². The molecular formula is C24H26O2S2Zr. The largest absolute Gasteiger partial charge is 2.00 e. The first-order valence-electron chi connectivity index (χ1n) is 8.66. The molecule has 0 unspecified atom stereocenters. The molecule has 5 heteroatoms. The first-order valence-corrected chi connectivity index (χ1v) is 11.1. The molecule has 0 atom stereocenters. The molecule has 0 aromatic heterocycles. The summed E-state index contributed by atoms with van der Waals surface area (Å²) in [7, 11) is 0. The van der Waals surface area contributed by atoms with Crippen LogP contribution in [0.3, 0.4) is 0 Å². The van der Waals surface area contributed by atoms with Gasteiger partial charge in [-0.15, -0.1) is 23.5 Å². The molecule has 2 nitrogen and oxygen atoms in total. The normalized spacial score (nSPS) is 8.62. The summed E-state index contributed by atoms with van der Waals surface area (Å²) in [5, 5.41) is 18.2. The molecule has 0 amide bonds. The fraction of sp³-hybridized carbons (Fsp3) is 0.0833. The quantitative estimate of drug-likeness (QED) is 0.228. The summed E-state index contributed by atoms with van der Waals surface area (Å²) in [6.07, 6.45) is 3.88. The SMILES string of the molecule is CSc1ccccc1O.CSc1ccccc1O.[Zr+2].c1cc[cH-]c1.c1cc[cH-]c1. The van der Waals surface area contributed by atoms with Gasteiger partial charge in [-0.05, 0) is 36.8 Å². The van der Waals surface area contributed by atoms with Gasteiger partial charge >= 0.3 is 26.2 Å². The second-order valence-corrected chi connectivity index (χ2v) is 6.96. The Morgan fingerprint density at radius 1 is 0.552 bits per heavy atom. The standard InChI is InChI=1S/2C7H8OS.2C5H5.Zr/c2*1-9-7-5-3-2-4-6(7)8;2*1-2-4-5-3-1;/h2*2-5,8H,1H3;2*1-5H;/q;;2*-1;+2. The van der Waals surface area contributed by atoms with Gasteiger partial charge < -0.3 is 10.2 Å². The van der Waals surface area contributed by atoms with Crippen molar-refractivity contribution in [1.29, 1.82) is 0 Å². The van der Waals surface area contributed by atoms with Crippen molar-refractivity contribution in [1.82, 2.24) is 0 Å². The molecule has 0 heterocycles. The van der Waals surface area contributed by atoms with E-state index in [0.717, 1.165) is 9.79 Å². The van der Waals surface area contributed by atoms with Crippen molar-refractivity contribution in [2.45, 2.75) is 9.79 Å². The number of hydrogen-bond donors (Lipinski definition) is 2. The van der Waals surface area contributed by atoms with Gasteiger partial charge in [-0.3, -0.25) is 0 Å². The minimum absolute atomic E-state index is 0. The second kappa shape index (κ2) is 18.4.